The Balaban J connectivity index is 1.78. The standard InChI is InChI=1S/C23H24ClN3O5S2/c1-17-6-10-21(11-7-17)34(31,32)27(15-19-4-2-3-5-22(19)24)16-23(28)26-14-18-8-12-20(13-9-18)33(25,29)30/h2-13H,14-16H2,1H3,(H,26,28)(H2,25,29,30). The zero-order chi connectivity index (χ0) is 24.9. The van der Waals surface area contributed by atoms with Gasteiger partial charge in [0.15, 0.2) is 0 Å². The first-order chi connectivity index (χ1) is 16.0. The molecule has 0 saturated heterocycles. The van der Waals surface area contributed by atoms with E-state index in [1.165, 1.54) is 36.4 Å². The van der Waals surface area contributed by atoms with Crippen molar-refractivity contribution in [1.29, 1.82) is 0 Å². The van der Waals surface area contributed by atoms with E-state index in [-0.39, 0.29) is 22.9 Å². The Kier molecular flexibility index (Phi) is 8.11. The number of amides is 1. The number of primary sulfonamides is 1. The SMILES string of the molecule is Cc1ccc(S(=O)(=O)N(CC(=O)NCc2ccc(S(N)(=O)=O)cc2)Cc2ccccc2Cl)cc1. The number of carbonyl (C=O) groups excluding carboxylic acids is 1. The number of benzene rings is 3. The number of nitrogens with zero attached hydrogens (tertiary/aromatic N) is 1. The molecule has 0 spiro atoms. The molecule has 0 atom stereocenters. The van der Waals surface area contributed by atoms with Crippen LogP contribution in [0.5, 0.6) is 0 Å². The third kappa shape index (κ3) is 6.64. The minimum Gasteiger partial charge on any atom is -0.351 e. The summed E-state index contributed by atoms with van der Waals surface area (Å²) in [6, 6.07) is 18.9. The van der Waals surface area contributed by atoms with Gasteiger partial charge in [-0.05, 0) is 48.4 Å². The molecule has 3 rings (SSSR count). The number of nitrogens with one attached hydrogen (secondary N) is 1. The lowest BCUT2D eigenvalue weighted by atomic mass is 10.2. The monoisotopic (exact) mass is 521 g/mol. The summed E-state index contributed by atoms with van der Waals surface area (Å²) < 4.78 is 50.5. The van der Waals surface area contributed by atoms with Gasteiger partial charge in [-0.15, -0.1) is 0 Å². The topological polar surface area (TPSA) is 127 Å². The van der Waals surface area contributed by atoms with Gasteiger partial charge < -0.3 is 5.32 Å². The minimum absolute atomic E-state index is 0.0438. The molecule has 0 aliphatic heterocycles. The van der Waals surface area contributed by atoms with E-state index in [4.69, 9.17) is 16.7 Å². The number of sulfonamides is 2. The molecule has 0 radical (unpaired) electrons. The molecular weight excluding hydrogens is 498 g/mol. The number of hydrogen-bond acceptors (Lipinski definition) is 5. The average Bonchev–Trinajstić information content (AvgIpc) is 2.78. The molecule has 0 unspecified atom stereocenters. The van der Waals surface area contributed by atoms with Gasteiger partial charge in [-0.25, -0.2) is 22.0 Å². The first kappa shape index (κ1) is 25.9. The molecule has 0 fully saturated rings. The van der Waals surface area contributed by atoms with Crippen molar-refractivity contribution in [3.63, 3.8) is 0 Å². The van der Waals surface area contributed by atoms with Crippen molar-refractivity contribution in [2.24, 2.45) is 5.14 Å². The number of hydrogen-bond donors (Lipinski definition) is 2. The molecule has 0 aliphatic carbocycles. The lowest BCUT2D eigenvalue weighted by Gasteiger charge is -2.22. The molecule has 180 valence electrons. The first-order valence-corrected chi connectivity index (χ1v) is 13.5. The van der Waals surface area contributed by atoms with Crippen LogP contribution in [0.2, 0.25) is 5.02 Å². The first-order valence-electron chi connectivity index (χ1n) is 10.2. The quantitative estimate of drug-likeness (QED) is 0.447. The van der Waals surface area contributed by atoms with E-state index in [0.29, 0.717) is 16.1 Å². The maximum absolute atomic E-state index is 13.3. The van der Waals surface area contributed by atoms with E-state index >= 15 is 0 Å². The normalized spacial score (nSPS) is 12.0. The van der Waals surface area contributed by atoms with Gasteiger partial charge >= 0.3 is 0 Å². The van der Waals surface area contributed by atoms with Crippen molar-refractivity contribution >= 4 is 37.6 Å². The van der Waals surface area contributed by atoms with E-state index in [9.17, 15) is 21.6 Å². The summed E-state index contributed by atoms with van der Waals surface area (Å²) in [6.45, 7) is 1.40. The Morgan fingerprint density at radius 2 is 1.50 bits per heavy atom. The number of nitrogens with two attached hydrogens (primary N) is 1. The van der Waals surface area contributed by atoms with E-state index < -0.39 is 32.5 Å². The second-order valence-electron chi connectivity index (χ2n) is 7.64. The van der Waals surface area contributed by atoms with Gasteiger partial charge in [-0.2, -0.15) is 4.31 Å². The van der Waals surface area contributed by atoms with Crippen LogP contribution in [-0.2, 0) is 37.9 Å². The zero-order valence-corrected chi connectivity index (χ0v) is 20.7. The predicted octanol–water partition coefficient (Wildman–Crippen LogP) is 2.80. The van der Waals surface area contributed by atoms with E-state index in [1.807, 2.05) is 6.92 Å². The molecule has 0 aromatic heterocycles. The molecule has 8 nitrogen and oxygen atoms in total. The third-order valence-electron chi connectivity index (χ3n) is 5.02. The van der Waals surface area contributed by atoms with Gasteiger partial charge in [0.2, 0.25) is 26.0 Å². The van der Waals surface area contributed by atoms with Gasteiger partial charge in [0, 0.05) is 18.1 Å². The highest BCUT2D eigenvalue weighted by molar-refractivity contribution is 7.89. The highest BCUT2D eigenvalue weighted by atomic mass is 35.5. The molecule has 3 aromatic rings. The molecular formula is C23H24ClN3O5S2. The fourth-order valence-corrected chi connectivity index (χ4v) is 5.20. The summed E-state index contributed by atoms with van der Waals surface area (Å²) in [5.74, 6) is -0.529. The Bertz CT molecular complexity index is 1370. The van der Waals surface area contributed by atoms with Crippen molar-refractivity contribution in [1.82, 2.24) is 9.62 Å². The van der Waals surface area contributed by atoms with Crippen molar-refractivity contribution in [2.45, 2.75) is 29.8 Å². The van der Waals surface area contributed by atoms with E-state index in [1.54, 1.807) is 36.4 Å². The summed E-state index contributed by atoms with van der Waals surface area (Å²) in [5.41, 5.74) is 2.09. The third-order valence-corrected chi connectivity index (χ3v) is 8.13. The van der Waals surface area contributed by atoms with E-state index in [0.717, 1.165) is 9.87 Å². The van der Waals surface area contributed by atoms with Crippen LogP contribution in [0.25, 0.3) is 0 Å². The highest BCUT2D eigenvalue weighted by Gasteiger charge is 2.27. The summed E-state index contributed by atoms with van der Waals surface area (Å²) >= 11 is 6.23. The van der Waals surface area contributed by atoms with Gasteiger partial charge in [-0.3, -0.25) is 4.79 Å². The highest BCUT2D eigenvalue weighted by Crippen LogP contribution is 2.22. The number of carbonyl (C=O) groups is 1. The number of aryl methyl sites for hydroxylation is 1. The van der Waals surface area contributed by atoms with Gasteiger partial charge in [0.25, 0.3) is 0 Å². The van der Waals surface area contributed by atoms with Crippen molar-refractivity contribution in [3.8, 4) is 0 Å². The molecule has 0 aliphatic rings. The Morgan fingerprint density at radius 3 is 2.09 bits per heavy atom. The maximum Gasteiger partial charge on any atom is 0.243 e. The van der Waals surface area contributed by atoms with Gasteiger partial charge in [0.1, 0.15) is 0 Å². The fraction of sp³-hybridized carbons (Fsp3) is 0.174. The second kappa shape index (κ2) is 10.7. The maximum atomic E-state index is 13.3. The van der Waals surface area contributed by atoms with Crippen molar-refractivity contribution in [3.05, 3.63) is 94.5 Å². The van der Waals surface area contributed by atoms with Crippen molar-refractivity contribution in [2.75, 3.05) is 6.54 Å². The zero-order valence-electron chi connectivity index (χ0n) is 18.3. The van der Waals surface area contributed by atoms with Crippen LogP contribution in [0, 0.1) is 6.92 Å². The number of rotatable bonds is 9. The molecule has 34 heavy (non-hydrogen) atoms. The van der Waals surface area contributed by atoms with Crippen LogP contribution < -0.4 is 10.5 Å². The molecule has 1 amide bonds. The molecule has 3 N–H and O–H groups in total. The van der Waals surface area contributed by atoms with Crippen LogP contribution in [-0.4, -0.2) is 33.6 Å². The molecule has 0 saturated carbocycles. The van der Waals surface area contributed by atoms with E-state index in [2.05, 4.69) is 5.32 Å². The van der Waals surface area contributed by atoms with Crippen LogP contribution in [0.1, 0.15) is 16.7 Å². The number of halogens is 1. The lowest BCUT2D eigenvalue weighted by Crippen LogP contribution is -2.40. The fourth-order valence-electron chi connectivity index (χ4n) is 3.12. The Hall–Kier alpha value is -2.76. The molecule has 0 heterocycles. The molecule has 11 heteroatoms. The van der Waals surface area contributed by atoms with Crippen molar-refractivity contribution < 1.29 is 21.6 Å². The Morgan fingerprint density at radius 1 is 0.912 bits per heavy atom. The minimum atomic E-state index is -4.00. The van der Waals surface area contributed by atoms with Crippen LogP contribution in [0.4, 0.5) is 0 Å². The van der Waals surface area contributed by atoms with Gasteiger partial charge in [-0.1, -0.05) is 59.6 Å². The predicted molar refractivity (Wildman–Crippen MR) is 130 cm³/mol. The van der Waals surface area contributed by atoms with Crippen LogP contribution in [0.3, 0.4) is 0 Å². The smallest absolute Gasteiger partial charge is 0.243 e. The average molecular weight is 522 g/mol. The molecule has 0 bridgehead atoms. The molecule has 3 aromatic carbocycles. The van der Waals surface area contributed by atoms with Crippen LogP contribution >= 0.6 is 11.6 Å². The largest absolute Gasteiger partial charge is 0.351 e. The summed E-state index contributed by atoms with van der Waals surface area (Å²) in [7, 11) is -7.82. The summed E-state index contributed by atoms with van der Waals surface area (Å²) in [4.78, 5) is 12.7. The summed E-state index contributed by atoms with van der Waals surface area (Å²) in [6.07, 6.45) is 0. The van der Waals surface area contributed by atoms with Gasteiger partial charge in [0.05, 0.1) is 16.3 Å². The summed E-state index contributed by atoms with van der Waals surface area (Å²) in [5, 5.41) is 8.14. The van der Waals surface area contributed by atoms with Crippen LogP contribution in [0.15, 0.2) is 82.6 Å². The second-order valence-corrected chi connectivity index (χ2v) is 11.5. The Labute approximate surface area is 204 Å². The lowest BCUT2D eigenvalue weighted by molar-refractivity contribution is -0.121.